The second-order valence-corrected chi connectivity index (χ2v) is 4.18. The highest BCUT2D eigenvalue weighted by atomic mass is 35.5. The number of hydrogen-bond acceptors (Lipinski definition) is 2. The van der Waals surface area contributed by atoms with Crippen molar-refractivity contribution in [2.45, 2.75) is 13.3 Å². The van der Waals surface area contributed by atoms with Crippen LogP contribution in [0.15, 0.2) is 11.4 Å². The van der Waals surface area contributed by atoms with E-state index in [4.69, 9.17) is 16.7 Å². The minimum absolute atomic E-state index is 0.364. The van der Waals surface area contributed by atoms with Gasteiger partial charge in [-0.15, -0.1) is 11.3 Å². The van der Waals surface area contributed by atoms with Gasteiger partial charge >= 0.3 is 5.97 Å². The largest absolute Gasteiger partial charge is 0.481 e. The zero-order valence-corrected chi connectivity index (χ0v) is 8.15. The number of carboxylic acid groups (broad SMARTS) is 1. The van der Waals surface area contributed by atoms with Gasteiger partial charge in [0.2, 0.25) is 0 Å². The predicted molar refractivity (Wildman–Crippen MR) is 49.8 cm³/mol. The van der Waals surface area contributed by atoms with Crippen LogP contribution in [0.25, 0.3) is 0 Å². The first-order chi connectivity index (χ1) is 5.61. The Kier molecular flexibility index (Phi) is 3.12. The Morgan fingerprint density at radius 1 is 1.83 bits per heavy atom. The van der Waals surface area contributed by atoms with Crippen LogP contribution in [0.3, 0.4) is 0 Å². The van der Waals surface area contributed by atoms with E-state index >= 15 is 0 Å². The standard InChI is InChI=1S/C8H9ClO2S/c1-5(8(10)11)4-6-2-3-12-7(6)9/h2-3,5H,4H2,1H3,(H,10,11). The summed E-state index contributed by atoms with van der Waals surface area (Å²) in [7, 11) is 0. The van der Waals surface area contributed by atoms with E-state index in [0.29, 0.717) is 10.8 Å². The molecule has 0 saturated heterocycles. The summed E-state index contributed by atoms with van der Waals surface area (Å²) < 4.78 is 0.697. The number of hydrogen-bond donors (Lipinski definition) is 1. The Balaban J connectivity index is 2.64. The molecule has 1 rings (SSSR count). The minimum Gasteiger partial charge on any atom is -0.481 e. The van der Waals surface area contributed by atoms with Gasteiger partial charge in [-0.2, -0.15) is 0 Å². The quantitative estimate of drug-likeness (QED) is 0.822. The molecule has 0 fully saturated rings. The van der Waals surface area contributed by atoms with Crippen molar-refractivity contribution >= 4 is 28.9 Å². The Morgan fingerprint density at radius 3 is 2.92 bits per heavy atom. The zero-order chi connectivity index (χ0) is 9.14. The Labute approximate surface area is 79.8 Å². The van der Waals surface area contributed by atoms with Crippen molar-refractivity contribution in [1.82, 2.24) is 0 Å². The van der Waals surface area contributed by atoms with Crippen molar-refractivity contribution in [1.29, 1.82) is 0 Å². The first-order valence-corrected chi connectivity index (χ1v) is 4.81. The molecule has 0 aliphatic heterocycles. The fourth-order valence-electron chi connectivity index (χ4n) is 0.883. The highest BCUT2D eigenvalue weighted by molar-refractivity contribution is 7.14. The van der Waals surface area contributed by atoms with Crippen molar-refractivity contribution < 1.29 is 9.90 Å². The number of carbonyl (C=O) groups is 1. The average Bonchev–Trinajstić information content (AvgIpc) is 2.36. The van der Waals surface area contributed by atoms with Gasteiger partial charge in [0.1, 0.15) is 0 Å². The Morgan fingerprint density at radius 2 is 2.50 bits per heavy atom. The van der Waals surface area contributed by atoms with Crippen molar-refractivity contribution in [3.63, 3.8) is 0 Å². The molecule has 2 nitrogen and oxygen atoms in total. The van der Waals surface area contributed by atoms with Gasteiger partial charge in [0.05, 0.1) is 10.3 Å². The molecule has 4 heteroatoms. The fourth-order valence-corrected chi connectivity index (χ4v) is 1.83. The van der Waals surface area contributed by atoms with Crippen LogP contribution in [0.5, 0.6) is 0 Å². The molecule has 12 heavy (non-hydrogen) atoms. The van der Waals surface area contributed by atoms with E-state index in [-0.39, 0.29) is 5.92 Å². The van der Waals surface area contributed by atoms with Crippen LogP contribution < -0.4 is 0 Å². The molecule has 0 radical (unpaired) electrons. The van der Waals surface area contributed by atoms with Gasteiger partial charge < -0.3 is 5.11 Å². The fraction of sp³-hybridized carbons (Fsp3) is 0.375. The van der Waals surface area contributed by atoms with Gasteiger partial charge in [-0.1, -0.05) is 18.5 Å². The molecular formula is C8H9ClO2S. The van der Waals surface area contributed by atoms with Crippen LogP contribution in [0.4, 0.5) is 0 Å². The molecule has 1 heterocycles. The normalized spacial score (nSPS) is 12.8. The van der Waals surface area contributed by atoms with E-state index < -0.39 is 5.97 Å². The highest BCUT2D eigenvalue weighted by Gasteiger charge is 2.13. The number of aliphatic carboxylic acids is 1. The van der Waals surface area contributed by atoms with Gasteiger partial charge in [-0.3, -0.25) is 4.79 Å². The molecule has 0 aliphatic rings. The van der Waals surface area contributed by atoms with E-state index in [1.54, 1.807) is 6.92 Å². The number of thiophene rings is 1. The number of halogens is 1. The summed E-state index contributed by atoms with van der Waals surface area (Å²) in [5.41, 5.74) is 0.927. The summed E-state index contributed by atoms with van der Waals surface area (Å²) in [4.78, 5) is 10.5. The van der Waals surface area contributed by atoms with Crippen LogP contribution >= 0.6 is 22.9 Å². The lowest BCUT2D eigenvalue weighted by atomic mass is 10.0. The lowest BCUT2D eigenvalue weighted by molar-refractivity contribution is -0.141. The Hall–Kier alpha value is -0.540. The molecule has 1 aromatic heterocycles. The van der Waals surface area contributed by atoms with Gasteiger partial charge in [-0.25, -0.2) is 0 Å². The highest BCUT2D eigenvalue weighted by Crippen LogP contribution is 2.25. The van der Waals surface area contributed by atoms with Crippen LogP contribution in [-0.2, 0) is 11.2 Å². The van der Waals surface area contributed by atoms with Gasteiger partial charge in [-0.05, 0) is 23.4 Å². The predicted octanol–water partition coefficient (Wildman–Crippen LogP) is 2.66. The molecule has 0 bridgehead atoms. The molecule has 1 aromatic rings. The molecule has 1 N–H and O–H groups in total. The molecule has 1 atom stereocenters. The molecular weight excluding hydrogens is 196 g/mol. The molecule has 0 spiro atoms. The smallest absolute Gasteiger partial charge is 0.306 e. The van der Waals surface area contributed by atoms with Crippen LogP contribution in [0, 0.1) is 5.92 Å². The maximum atomic E-state index is 10.5. The summed E-state index contributed by atoms with van der Waals surface area (Å²) in [5.74, 6) is -1.14. The number of carboxylic acids is 1. The van der Waals surface area contributed by atoms with Gasteiger partial charge in [0, 0.05) is 0 Å². The Bertz CT molecular complexity index is 282. The zero-order valence-electron chi connectivity index (χ0n) is 6.58. The van der Waals surface area contributed by atoms with E-state index in [2.05, 4.69) is 0 Å². The second kappa shape index (κ2) is 3.92. The third kappa shape index (κ3) is 2.22. The van der Waals surface area contributed by atoms with Crippen LogP contribution in [0.1, 0.15) is 12.5 Å². The summed E-state index contributed by atoms with van der Waals surface area (Å²) in [6.07, 6.45) is 0.512. The maximum Gasteiger partial charge on any atom is 0.306 e. The molecule has 66 valence electrons. The summed E-state index contributed by atoms with van der Waals surface area (Å²) >= 11 is 7.24. The first-order valence-electron chi connectivity index (χ1n) is 3.56. The summed E-state index contributed by atoms with van der Waals surface area (Å²) in [6.45, 7) is 1.68. The molecule has 0 aromatic carbocycles. The lowest BCUT2D eigenvalue weighted by Crippen LogP contribution is -2.11. The van der Waals surface area contributed by atoms with Gasteiger partial charge in [0.25, 0.3) is 0 Å². The molecule has 0 aliphatic carbocycles. The number of rotatable bonds is 3. The van der Waals surface area contributed by atoms with Gasteiger partial charge in [0.15, 0.2) is 0 Å². The van der Waals surface area contributed by atoms with Crippen molar-refractivity contribution in [3.05, 3.63) is 21.3 Å². The van der Waals surface area contributed by atoms with Crippen molar-refractivity contribution in [2.24, 2.45) is 5.92 Å². The molecule has 0 amide bonds. The summed E-state index contributed by atoms with van der Waals surface area (Å²) in [5, 5.41) is 10.5. The third-order valence-corrected chi connectivity index (χ3v) is 2.89. The van der Waals surface area contributed by atoms with Crippen LogP contribution in [0.2, 0.25) is 4.34 Å². The lowest BCUT2D eigenvalue weighted by Gasteiger charge is -2.03. The monoisotopic (exact) mass is 204 g/mol. The van der Waals surface area contributed by atoms with E-state index in [9.17, 15) is 4.79 Å². The molecule has 0 saturated carbocycles. The maximum absolute atomic E-state index is 10.5. The first kappa shape index (κ1) is 9.55. The second-order valence-electron chi connectivity index (χ2n) is 2.66. The van der Waals surface area contributed by atoms with E-state index in [1.807, 2.05) is 11.4 Å². The summed E-state index contributed by atoms with van der Waals surface area (Å²) in [6, 6.07) is 1.87. The SMILES string of the molecule is CC(Cc1ccsc1Cl)C(=O)O. The van der Waals surface area contributed by atoms with E-state index in [0.717, 1.165) is 5.56 Å². The van der Waals surface area contributed by atoms with Crippen molar-refractivity contribution in [3.8, 4) is 0 Å². The van der Waals surface area contributed by atoms with E-state index in [1.165, 1.54) is 11.3 Å². The minimum atomic E-state index is -0.780. The van der Waals surface area contributed by atoms with Crippen molar-refractivity contribution in [2.75, 3.05) is 0 Å². The third-order valence-electron chi connectivity index (χ3n) is 1.64. The van der Waals surface area contributed by atoms with Crippen LogP contribution in [-0.4, -0.2) is 11.1 Å². The molecule has 1 unspecified atom stereocenters. The average molecular weight is 205 g/mol. The topological polar surface area (TPSA) is 37.3 Å².